The van der Waals surface area contributed by atoms with E-state index in [9.17, 15) is 37.0 Å². The minimum atomic E-state index is -3.51. The minimum Gasteiger partial charge on any atom is -0.489 e. The Morgan fingerprint density at radius 3 is 2.06 bits per heavy atom. The Hall–Kier alpha value is -6.90. The van der Waals surface area contributed by atoms with Crippen LogP contribution in [0.5, 0.6) is 11.5 Å². The van der Waals surface area contributed by atoms with E-state index in [1.54, 1.807) is 54.6 Å². The van der Waals surface area contributed by atoms with Crippen molar-refractivity contribution in [2.75, 3.05) is 12.4 Å². The molecular weight excluding hydrogens is 907 g/mol. The lowest BCUT2D eigenvalue weighted by Crippen LogP contribution is -2.37. The van der Waals surface area contributed by atoms with E-state index >= 15 is 0 Å². The average molecular weight is 955 g/mol. The van der Waals surface area contributed by atoms with E-state index in [4.69, 9.17) is 9.47 Å². The summed E-state index contributed by atoms with van der Waals surface area (Å²) in [6.07, 6.45) is 4.30. The quantitative estimate of drug-likeness (QED) is 0.0857. The van der Waals surface area contributed by atoms with Gasteiger partial charge in [0.25, 0.3) is 0 Å². The lowest BCUT2D eigenvalue weighted by Gasteiger charge is -2.20. The first-order valence-electron chi connectivity index (χ1n) is 22.1. The van der Waals surface area contributed by atoms with Gasteiger partial charge in [-0.15, -0.1) is 11.8 Å². The molecule has 1 unspecified atom stereocenters. The number of fused-ring (bicyclic) bond motifs is 2. The maximum absolute atomic E-state index is 13.5. The molecule has 2 aliphatic heterocycles. The van der Waals surface area contributed by atoms with Crippen LogP contribution in [0.15, 0.2) is 166 Å². The van der Waals surface area contributed by atoms with Crippen LogP contribution in [0.1, 0.15) is 52.6 Å². The fraction of sp³-hybridized carbons (Fsp3) is 0.222. The molecular formula is C54H48F2N2O8S2. The molecule has 0 radical (unpaired) electrons. The molecule has 0 bridgehead atoms. The van der Waals surface area contributed by atoms with E-state index in [0.717, 1.165) is 44.9 Å². The maximum atomic E-state index is 13.5. The lowest BCUT2D eigenvalue weighted by molar-refractivity contribution is -0.142. The van der Waals surface area contributed by atoms with Gasteiger partial charge in [-0.25, -0.2) is 22.0 Å². The molecule has 2 atom stereocenters. The van der Waals surface area contributed by atoms with E-state index in [1.807, 2.05) is 72.8 Å². The number of benzene rings is 6. The molecule has 1 aliphatic carbocycles. The molecule has 3 aliphatic rings. The molecule has 2 heterocycles. The van der Waals surface area contributed by atoms with E-state index in [1.165, 1.54) is 36.0 Å². The number of aliphatic imine (C=N–C) groups is 2. The molecule has 348 valence electrons. The molecule has 0 fully saturated rings. The highest BCUT2D eigenvalue weighted by Crippen LogP contribution is 2.38. The first-order valence-corrected chi connectivity index (χ1v) is 24.7. The number of sulfone groups is 1. The van der Waals surface area contributed by atoms with Gasteiger partial charge in [-0.3, -0.25) is 14.8 Å². The Kier molecular flexibility index (Phi) is 15.0. The first-order chi connectivity index (χ1) is 32.8. The number of hydrogen-bond donors (Lipinski definition) is 2. The van der Waals surface area contributed by atoms with Crippen LogP contribution in [-0.4, -0.2) is 59.2 Å². The number of aryl methyl sites for hydroxylation is 1. The summed E-state index contributed by atoms with van der Waals surface area (Å²) < 4.78 is 64.3. The summed E-state index contributed by atoms with van der Waals surface area (Å²) in [7, 11) is -3.51. The van der Waals surface area contributed by atoms with Gasteiger partial charge in [-0.2, -0.15) is 0 Å². The van der Waals surface area contributed by atoms with Crippen LogP contribution in [-0.2, 0) is 51.0 Å². The largest absolute Gasteiger partial charge is 0.489 e. The number of hydrogen-bond acceptors (Lipinski definition) is 9. The third kappa shape index (κ3) is 12.2. The van der Waals surface area contributed by atoms with Gasteiger partial charge in [-0.05, 0) is 126 Å². The number of carboxylic acids is 2. The van der Waals surface area contributed by atoms with Crippen molar-refractivity contribution in [2.24, 2.45) is 15.9 Å². The van der Waals surface area contributed by atoms with Crippen molar-refractivity contribution in [3.63, 3.8) is 0 Å². The molecule has 0 saturated heterocycles. The summed E-state index contributed by atoms with van der Waals surface area (Å²) in [5.74, 6) is -1.56. The standard InChI is InChI=1S/C28H24FNO4S.C26H24FNO4S/c29-23-7-6-21-12-20(13-22(21)14-23)15-28(27(31)32)18-35-26(30-28)17-34-25-10-8-24(9-11-25)33-16-19-4-2-1-3-5-19;27-22-12-13-25-21(14-22)16-23(28-25)15-19(26(29)30)11-10-18-6-4-5-7-20(18)17-33(31,32)24-8-2-1-3-9-24/h1-12,14H,13,15-18H2,(H,31,32);1-9,12-14,19H,10-11,15-17H2,(H,29,30)/t;19-/m.1/s1. The predicted octanol–water partition coefficient (Wildman–Crippen LogP) is 10.9. The number of rotatable bonds is 18. The van der Waals surface area contributed by atoms with Crippen molar-refractivity contribution in [3.05, 3.63) is 196 Å². The maximum Gasteiger partial charge on any atom is 0.332 e. The summed E-state index contributed by atoms with van der Waals surface area (Å²) in [5, 5.41) is 20.4. The Bertz CT molecular complexity index is 3000. The highest BCUT2D eigenvalue weighted by atomic mass is 32.2. The zero-order valence-corrected chi connectivity index (χ0v) is 38.5. The number of aliphatic carboxylic acids is 2. The fourth-order valence-corrected chi connectivity index (χ4v) is 10.9. The Morgan fingerprint density at radius 1 is 0.735 bits per heavy atom. The summed E-state index contributed by atoms with van der Waals surface area (Å²) >= 11 is 1.41. The minimum absolute atomic E-state index is 0.140. The first kappa shape index (κ1) is 47.6. The van der Waals surface area contributed by atoms with Crippen LogP contribution in [0.2, 0.25) is 0 Å². The second-order valence-electron chi connectivity index (χ2n) is 16.9. The van der Waals surface area contributed by atoms with E-state index in [-0.39, 0.29) is 35.3 Å². The third-order valence-electron chi connectivity index (χ3n) is 11.9. The molecule has 14 heteroatoms. The number of thioether (sulfide) groups is 1. The molecule has 68 heavy (non-hydrogen) atoms. The topological polar surface area (TPSA) is 152 Å². The van der Waals surface area contributed by atoms with Crippen LogP contribution in [0.25, 0.3) is 6.08 Å². The van der Waals surface area contributed by atoms with Crippen LogP contribution in [0, 0.1) is 17.6 Å². The highest BCUT2D eigenvalue weighted by Gasteiger charge is 2.44. The van der Waals surface area contributed by atoms with Gasteiger partial charge in [0.2, 0.25) is 0 Å². The van der Waals surface area contributed by atoms with Gasteiger partial charge in [0.05, 0.1) is 22.3 Å². The summed E-state index contributed by atoms with van der Waals surface area (Å²) in [5.41, 5.74) is 6.31. The zero-order valence-electron chi connectivity index (χ0n) is 36.9. The molecule has 6 aromatic rings. The number of halogens is 2. The molecule has 0 amide bonds. The highest BCUT2D eigenvalue weighted by molar-refractivity contribution is 8.14. The SMILES string of the molecule is O=C(O)C1(CC2=Cc3ccc(F)cc3C2)CSC(COc2ccc(OCc3ccccc3)cc2)=N1.O=C(O)[C@H](CCc1ccccc1CS(=O)(=O)c1ccccc1)CC1=Nc2ccc(F)cc2C1. The molecule has 9 rings (SSSR count). The van der Waals surface area contributed by atoms with Crippen LogP contribution >= 0.6 is 11.8 Å². The Labute approximate surface area is 398 Å². The van der Waals surface area contributed by atoms with Crippen molar-refractivity contribution < 1.29 is 46.5 Å². The number of carboxylic acid groups (broad SMARTS) is 2. The molecule has 0 aromatic heterocycles. The summed E-state index contributed by atoms with van der Waals surface area (Å²) in [6, 6.07) is 41.9. The van der Waals surface area contributed by atoms with Gasteiger partial charge in [0.1, 0.15) is 41.4 Å². The van der Waals surface area contributed by atoms with Gasteiger partial charge in [0, 0.05) is 24.3 Å². The number of carbonyl (C=O) groups is 2. The monoisotopic (exact) mass is 954 g/mol. The smallest absolute Gasteiger partial charge is 0.332 e. The van der Waals surface area contributed by atoms with E-state index < -0.39 is 33.2 Å². The van der Waals surface area contributed by atoms with Crippen molar-refractivity contribution in [2.45, 2.75) is 61.3 Å². The summed E-state index contributed by atoms with van der Waals surface area (Å²) in [6.45, 7) is 0.691. The second kappa shape index (κ2) is 21.4. The average Bonchev–Trinajstić information content (AvgIpc) is 4.07. The number of ether oxygens (including phenoxy) is 2. The molecule has 0 spiro atoms. The molecule has 0 saturated carbocycles. The molecule has 6 aromatic carbocycles. The van der Waals surface area contributed by atoms with Crippen molar-refractivity contribution in [1.29, 1.82) is 0 Å². The van der Waals surface area contributed by atoms with E-state index in [2.05, 4.69) is 9.98 Å². The van der Waals surface area contributed by atoms with Gasteiger partial charge in [0.15, 0.2) is 15.4 Å². The van der Waals surface area contributed by atoms with Crippen LogP contribution in [0.3, 0.4) is 0 Å². The molecule has 2 N–H and O–H groups in total. The molecule has 10 nitrogen and oxygen atoms in total. The van der Waals surface area contributed by atoms with Gasteiger partial charge in [-0.1, -0.05) is 90.5 Å². The van der Waals surface area contributed by atoms with E-state index in [0.29, 0.717) is 66.5 Å². The van der Waals surface area contributed by atoms with Crippen molar-refractivity contribution >= 4 is 56.1 Å². The normalized spacial score (nSPS) is 16.3. The second-order valence-corrected chi connectivity index (χ2v) is 19.9. The lowest BCUT2D eigenvalue weighted by atomic mass is 9.92. The number of nitrogens with zero attached hydrogens (tertiary/aromatic N) is 2. The van der Waals surface area contributed by atoms with Crippen molar-refractivity contribution in [3.8, 4) is 11.5 Å². The van der Waals surface area contributed by atoms with Gasteiger partial charge >= 0.3 is 11.9 Å². The Balaban J connectivity index is 0.000000184. The third-order valence-corrected chi connectivity index (χ3v) is 14.8. The Morgan fingerprint density at radius 2 is 1.37 bits per heavy atom. The van der Waals surface area contributed by atoms with Gasteiger partial charge < -0.3 is 19.7 Å². The zero-order chi connectivity index (χ0) is 47.7. The fourth-order valence-electron chi connectivity index (χ4n) is 8.38. The summed E-state index contributed by atoms with van der Waals surface area (Å²) in [4.78, 5) is 33.4. The van der Waals surface area contributed by atoms with Crippen molar-refractivity contribution in [1.82, 2.24) is 0 Å². The van der Waals surface area contributed by atoms with Crippen LogP contribution < -0.4 is 9.47 Å². The van der Waals surface area contributed by atoms with Crippen LogP contribution in [0.4, 0.5) is 14.5 Å². The predicted molar refractivity (Wildman–Crippen MR) is 261 cm³/mol.